The molecule has 5 unspecified atom stereocenters. The van der Waals surface area contributed by atoms with Gasteiger partial charge >= 0.3 is 6.09 Å². The number of likely N-dealkylation sites (tertiary alicyclic amines) is 3. The molecule has 3 heterocycles. The Morgan fingerprint density at radius 1 is 1.20 bits per heavy atom. The van der Waals surface area contributed by atoms with E-state index < -0.39 is 29.8 Å². The highest BCUT2D eigenvalue weighted by Gasteiger charge is 2.52. The van der Waals surface area contributed by atoms with Crippen molar-refractivity contribution < 1.29 is 23.9 Å². The summed E-state index contributed by atoms with van der Waals surface area (Å²) in [4.78, 5) is 57.4. The third-order valence-electron chi connectivity index (χ3n) is 7.94. The Morgan fingerprint density at radius 3 is 2.55 bits per heavy atom. The van der Waals surface area contributed by atoms with Gasteiger partial charge in [0.25, 0.3) is 5.91 Å². The average Bonchev–Trinajstić information content (AvgIpc) is 3.58. The molecule has 40 heavy (non-hydrogen) atoms. The number of rotatable bonds is 7. The van der Waals surface area contributed by atoms with E-state index in [1.54, 1.807) is 33.9 Å². The number of carbonyl (C=O) groups excluding carboxylic acids is 4. The molecule has 2 bridgehead atoms. The molecule has 0 saturated carbocycles. The van der Waals surface area contributed by atoms with Crippen molar-refractivity contribution in [2.75, 3.05) is 26.7 Å². The Labute approximate surface area is 235 Å². The highest BCUT2D eigenvalue weighted by Crippen LogP contribution is 2.38. The van der Waals surface area contributed by atoms with E-state index in [0.29, 0.717) is 31.5 Å². The molecule has 1 aromatic carbocycles. The topological polar surface area (TPSA) is 135 Å². The first kappa shape index (κ1) is 29.3. The van der Waals surface area contributed by atoms with E-state index >= 15 is 0 Å². The van der Waals surface area contributed by atoms with Crippen LogP contribution in [0.4, 0.5) is 4.79 Å². The molecule has 3 aliphatic heterocycles. The zero-order valence-electron chi connectivity index (χ0n) is 24.1. The van der Waals surface area contributed by atoms with Crippen LogP contribution < -0.4 is 10.6 Å². The maximum Gasteiger partial charge on any atom is 0.408 e. The van der Waals surface area contributed by atoms with Crippen molar-refractivity contribution >= 4 is 23.8 Å². The fourth-order valence-electron chi connectivity index (χ4n) is 6.13. The lowest BCUT2D eigenvalue weighted by Crippen LogP contribution is -2.59. The van der Waals surface area contributed by atoms with E-state index in [4.69, 9.17) is 4.74 Å². The molecule has 216 valence electrons. The van der Waals surface area contributed by atoms with Gasteiger partial charge in [0.15, 0.2) is 0 Å². The molecular weight excluding hydrogens is 512 g/mol. The van der Waals surface area contributed by atoms with Gasteiger partial charge < -0.3 is 25.2 Å². The SMILES string of the molecule is CNC(=O)c1cccc(C(C)N2C(=O)C3C[C@H]2CN3CC(NC(=O)OC(C)(C)C)C(=O)N2CC(C)CC2C#N)c1. The summed E-state index contributed by atoms with van der Waals surface area (Å²) in [7, 11) is 1.58. The summed E-state index contributed by atoms with van der Waals surface area (Å²) >= 11 is 0. The second kappa shape index (κ2) is 11.5. The molecule has 3 aliphatic rings. The maximum atomic E-state index is 13.7. The van der Waals surface area contributed by atoms with Crippen molar-refractivity contribution in [3.63, 3.8) is 0 Å². The summed E-state index contributed by atoms with van der Waals surface area (Å²) in [5.74, 6) is -0.388. The largest absolute Gasteiger partial charge is 0.444 e. The minimum Gasteiger partial charge on any atom is -0.444 e. The maximum absolute atomic E-state index is 13.7. The smallest absolute Gasteiger partial charge is 0.408 e. The number of nitrogens with zero attached hydrogens (tertiary/aromatic N) is 4. The van der Waals surface area contributed by atoms with Gasteiger partial charge in [0.05, 0.1) is 18.2 Å². The van der Waals surface area contributed by atoms with Gasteiger partial charge in [-0.1, -0.05) is 19.1 Å². The average molecular weight is 553 g/mol. The van der Waals surface area contributed by atoms with Gasteiger partial charge in [0.1, 0.15) is 17.7 Å². The van der Waals surface area contributed by atoms with Gasteiger partial charge in [-0.3, -0.25) is 19.3 Å². The van der Waals surface area contributed by atoms with Crippen LogP contribution in [0.3, 0.4) is 0 Å². The quantitative estimate of drug-likeness (QED) is 0.529. The molecule has 4 rings (SSSR count). The minimum atomic E-state index is -0.960. The van der Waals surface area contributed by atoms with Crippen molar-refractivity contribution in [2.45, 2.75) is 83.3 Å². The van der Waals surface area contributed by atoms with Crippen LogP contribution in [0, 0.1) is 17.2 Å². The summed E-state index contributed by atoms with van der Waals surface area (Å²) in [6, 6.07) is 7.26. The number of benzene rings is 1. The molecule has 0 radical (unpaired) electrons. The molecular formula is C29H40N6O5. The van der Waals surface area contributed by atoms with Crippen molar-refractivity contribution in [1.82, 2.24) is 25.3 Å². The predicted molar refractivity (Wildman–Crippen MR) is 147 cm³/mol. The van der Waals surface area contributed by atoms with E-state index in [9.17, 15) is 24.4 Å². The molecule has 6 atom stereocenters. The first-order valence-electron chi connectivity index (χ1n) is 13.9. The fraction of sp³-hybridized carbons (Fsp3) is 0.621. The third-order valence-corrected chi connectivity index (χ3v) is 7.94. The number of hydrogen-bond donors (Lipinski definition) is 2. The lowest BCUT2D eigenvalue weighted by atomic mass is 10.0. The Bertz CT molecular complexity index is 1210. The Kier molecular flexibility index (Phi) is 8.40. The van der Waals surface area contributed by atoms with Gasteiger partial charge in [-0.05, 0) is 64.2 Å². The third kappa shape index (κ3) is 6.07. The highest BCUT2D eigenvalue weighted by molar-refractivity contribution is 5.94. The molecule has 11 heteroatoms. The van der Waals surface area contributed by atoms with E-state index in [0.717, 1.165) is 5.56 Å². The number of ether oxygens (including phenoxy) is 1. The zero-order valence-corrected chi connectivity index (χ0v) is 24.1. The Hall–Kier alpha value is -3.65. The van der Waals surface area contributed by atoms with Crippen LogP contribution in [0.25, 0.3) is 0 Å². The Morgan fingerprint density at radius 2 is 1.93 bits per heavy atom. The molecule has 1 aromatic rings. The van der Waals surface area contributed by atoms with Gasteiger partial charge in [-0.15, -0.1) is 0 Å². The van der Waals surface area contributed by atoms with Gasteiger partial charge in [0.2, 0.25) is 11.8 Å². The minimum absolute atomic E-state index is 0.0396. The number of amides is 4. The molecule has 2 N–H and O–H groups in total. The number of carbonyl (C=O) groups is 4. The van der Waals surface area contributed by atoms with E-state index in [1.165, 1.54) is 4.90 Å². The number of nitrogens with one attached hydrogen (secondary N) is 2. The van der Waals surface area contributed by atoms with Crippen LogP contribution >= 0.6 is 0 Å². The van der Waals surface area contributed by atoms with Gasteiger partial charge in [-0.25, -0.2) is 4.79 Å². The van der Waals surface area contributed by atoms with Crippen molar-refractivity contribution in [1.29, 1.82) is 5.26 Å². The summed E-state index contributed by atoms with van der Waals surface area (Å²) in [5.41, 5.74) is 0.661. The van der Waals surface area contributed by atoms with Crippen LogP contribution in [0.1, 0.15) is 69.4 Å². The first-order chi connectivity index (χ1) is 18.8. The van der Waals surface area contributed by atoms with Gasteiger partial charge in [0, 0.05) is 38.3 Å². The lowest BCUT2D eigenvalue weighted by Gasteiger charge is -2.39. The molecule has 0 aliphatic carbocycles. The molecule has 3 saturated heterocycles. The highest BCUT2D eigenvalue weighted by atomic mass is 16.6. The van der Waals surface area contributed by atoms with Gasteiger partial charge in [-0.2, -0.15) is 5.26 Å². The zero-order chi connectivity index (χ0) is 29.4. The second-order valence-electron chi connectivity index (χ2n) is 12.2. The van der Waals surface area contributed by atoms with Crippen molar-refractivity contribution in [3.8, 4) is 6.07 Å². The van der Waals surface area contributed by atoms with Crippen molar-refractivity contribution in [2.24, 2.45) is 5.92 Å². The molecule has 3 fully saturated rings. The standard InChI is InChI=1S/C29H40N6O5/c1-17-10-21(13-30)34(14-17)26(37)23(32-28(39)40-29(3,4)5)16-33-15-22-12-24(33)27(38)35(22)18(2)19-8-7-9-20(11-19)25(36)31-6/h7-9,11,17-18,21-24H,10,12,14-16H2,1-6H3,(H,31,36)(H,32,39)/t17?,18?,21?,22-,23?,24?/m0/s1. The monoisotopic (exact) mass is 552 g/mol. The van der Waals surface area contributed by atoms with Crippen molar-refractivity contribution in [3.05, 3.63) is 35.4 Å². The van der Waals surface area contributed by atoms with Crippen LogP contribution in [0.2, 0.25) is 0 Å². The summed E-state index contributed by atoms with van der Waals surface area (Å²) in [6.45, 7) is 10.3. The molecule has 11 nitrogen and oxygen atoms in total. The molecule has 4 amide bonds. The van der Waals surface area contributed by atoms with E-state index in [-0.39, 0.29) is 42.3 Å². The number of fused-ring (bicyclic) bond motifs is 2. The summed E-state index contributed by atoms with van der Waals surface area (Å²) < 4.78 is 5.43. The summed E-state index contributed by atoms with van der Waals surface area (Å²) in [6.07, 6.45) is 0.490. The number of piperazine rings is 1. The molecule has 0 spiro atoms. The number of hydrogen-bond acceptors (Lipinski definition) is 7. The second-order valence-corrected chi connectivity index (χ2v) is 12.2. The summed E-state index contributed by atoms with van der Waals surface area (Å²) in [5, 5.41) is 15.0. The number of alkyl carbamates (subject to hydrolysis) is 1. The van der Waals surface area contributed by atoms with Crippen LogP contribution in [-0.2, 0) is 14.3 Å². The number of nitriles is 1. The molecule has 0 aromatic heterocycles. The van der Waals surface area contributed by atoms with Crippen LogP contribution in [0.15, 0.2) is 24.3 Å². The predicted octanol–water partition coefficient (Wildman–Crippen LogP) is 2.05. The van der Waals surface area contributed by atoms with E-state index in [2.05, 4.69) is 16.7 Å². The Balaban J connectivity index is 1.49. The van der Waals surface area contributed by atoms with E-state index in [1.807, 2.05) is 41.8 Å². The van der Waals surface area contributed by atoms with Crippen LogP contribution in [0.5, 0.6) is 0 Å². The normalized spacial score (nSPS) is 25.9. The first-order valence-corrected chi connectivity index (χ1v) is 13.9. The van der Waals surface area contributed by atoms with Crippen LogP contribution in [-0.4, -0.2) is 95.0 Å². The lowest BCUT2D eigenvalue weighted by molar-refractivity contribution is -0.141. The fourth-order valence-corrected chi connectivity index (χ4v) is 6.13.